The van der Waals surface area contributed by atoms with Gasteiger partial charge >= 0.3 is 6.18 Å². The van der Waals surface area contributed by atoms with Crippen LogP contribution in [-0.4, -0.2) is 73.8 Å². The molecule has 9 heteroatoms. The van der Waals surface area contributed by atoms with E-state index in [0.29, 0.717) is 33.7 Å². The molecule has 1 aromatic heterocycles. The maximum Gasteiger partial charge on any atom is 0.401 e. The summed E-state index contributed by atoms with van der Waals surface area (Å²) in [5, 5.41) is 0.699. The number of benzene rings is 2. The molecule has 6 nitrogen and oxygen atoms in total. The van der Waals surface area contributed by atoms with Gasteiger partial charge in [0.2, 0.25) is 0 Å². The maximum atomic E-state index is 13.4. The Morgan fingerprint density at radius 3 is 2.33 bits per heavy atom. The van der Waals surface area contributed by atoms with E-state index in [9.17, 15) is 18.0 Å². The Kier molecular flexibility index (Phi) is 6.42. The first-order chi connectivity index (χ1) is 15.8. The summed E-state index contributed by atoms with van der Waals surface area (Å²) in [5.74, 6) is 0.899. The predicted molar refractivity (Wildman–Crippen MR) is 119 cm³/mol. The molecule has 2 heterocycles. The van der Waals surface area contributed by atoms with Crippen molar-refractivity contribution in [3.05, 3.63) is 54.1 Å². The lowest BCUT2D eigenvalue weighted by atomic mass is 10.0. The van der Waals surface area contributed by atoms with E-state index in [4.69, 9.17) is 14.5 Å². The lowest BCUT2D eigenvalue weighted by Crippen LogP contribution is -2.50. The van der Waals surface area contributed by atoms with Crippen LogP contribution in [0.5, 0.6) is 11.5 Å². The first-order valence-electron chi connectivity index (χ1n) is 10.5. The molecule has 1 saturated heterocycles. The zero-order valence-corrected chi connectivity index (χ0v) is 18.4. The van der Waals surface area contributed by atoms with E-state index < -0.39 is 12.7 Å². The molecular weight excluding hydrogens is 435 g/mol. The molecule has 0 unspecified atom stereocenters. The highest BCUT2D eigenvalue weighted by molar-refractivity contribution is 6.07. The number of methoxy groups -OCH3 is 2. The van der Waals surface area contributed by atoms with Crippen molar-refractivity contribution in [3.8, 4) is 22.8 Å². The smallest absolute Gasteiger partial charge is 0.401 e. The quantitative estimate of drug-likeness (QED) is 0.571. The molecule has 0 N–H and O–H groups in total. The number of para-hydroxylation sites is 1. The number of fused-ring (bicyclic) bond motifs is 1. The summed E-state index contributed by atoms with van der Waals surface area (Å²) in [6.45, 7) is -0.140. The largest absolute Gasteiger partial charge is 0.493 e. The molecule has 0 saturated carbocycles. The normalized spacial score (nSPS) is 15.0. The van der Waals surface area contributed by atoms with Crippen LogP contribution < -0.4 is 9.47 Å². The summed E-state index contributed by atoms with van der Waals surface area (Å²) in [7, 11) is 3.10. The van der Waals surface area contributed by atoms with Crippen LogP contribution in [0.15, 0.2) is 48.5 Å². The van der Waals surface area contributed by atoms with Crippen LogP contribution in [0.2, 0.25) is 0 Å². The Balaban J connectivity index is 1.66. The average Bonchev–Trinajstić information content (AvgIpc) is 2.82. The first-order valence-corrected chi connectivity index (χ1v) is 10.5. The second-order valence-electron chi connectivity index (χ2n) is 7.83. The zero-order valence-electron chi connectivity index (χ0n) is 18.4. The minimum absolute atomic E-state index is 0.177. The van der Waals surface area contributed by atoms with Crippen LogP contribution >= 0.6 is 0 Å². The van der Waals surface area contributed by atoms with E-state index in [1.54, 1.807) is 37.3 Å². The van der Waals surface area contributed by atoms with Crippen molar-refractivity contribution in [2.45, 2.75) is 6.18 Å². The fourth-order valence-electron chi connectivity index (χ4n) is 4.03. The minimum Gasteiger partial charge on any atom is -0.493 e. The number of halogens is 3. The SMILES string of the molecule is COc1ccc(-c2cc(C(=O)N3CCN(CC(F)(F)F)CC3)c3ccccc3n2)cc1OC. The van der Waals surface area contributed by atoms with E-state index >= 15 is 0 Å². The van der Waals surface area contributed by atoms with Crippen molar-refractivity contribution >= 4 is 16.8 Å². The highest BCUT2D eigenvalue weighted by atomic mass is 19.4. The molecular formula is C24H24F3N3O3. The number of ether oxygens (including phenoxy) is 2. The van der Waals surface area contributed by atoms with Crippen LogP contribution in [0.3, 0.4) is 0 Å². The number of hydrogen-bond donors (Lipinski definition) is 0. The molecule has 0 radical (unpaired) electrons. The van der Waals surface area contributed by atoms with Crippen molar-refractivity contribution in [2.75, 3.05) is 46.9 Å². The summed E-state index contributed by atoms with van der Waals surface area (Å²) in [6.07, 6.45) is -4.25. The van der Waals surface area contributed by atoms with E-state index in [2.05, 4.69) is 0 Å². The van der Waals surface area contributed by atoms with Gasteiger partial charge in [-0.3, -0.25) is 9.69 Å². The predicted octanol–water partition coefficient (Wildman–Crippen LogP) is 4.24. The van der Waals surface area contributed by atoms with Gasteiger partial charge in [-0.15, -0.1) is 0 Å². The average molecular weight is 459 g/mol. The van der Waals surface area contributed by atoms with E-state index in [0.717, 1.165) is 5.56 Å². The molecule has 2 aromatic carbocycles. The molecule has 0 spiro atoms. The van der Waals surface area contributed by atoms with Crippen molar-refractivity contribution in [1.29, 1.82) is 0 Å². The number of rotatable bonds is 5. The fraction of sp³-hybridized carbons (Fsp3) is 0.333. The number of piperazine rings is 1. The van der Waals surface area contributed by atoms with Crippen LogP contribution in [0, 0.1) is 0 Å². The third-order valence-corrected chi connectivity index (χ3v) is 5.69. The van der Waals surface area contributed by atoms with Gasteiger partial charge in [0.05, 0.1) is 37.5 Å². The number of hydrogen-bond acceptors (Lipinski definition) is 5. The monoisotopic (exact) mass is 459 g/mol. The van der Waals surface area contributed by atoms with Crippen LogP contribution in [0.25, 0.3) is 22.2 Å². The molecule has 1 fully saturated rings. The van der Waals surface area contributed by atoms with Crippen LogP contribution in [-0.2, 0) is 0 Å². The molecule has 1 aliphatic rings. The second-order valence-corrected chi connectivity index (χ2v) is 7.83. The van der Waals surface area contributed by atoms with Crippen molar-refractivity contribution in [2.24, 2.45) is 0 Å². The van der Waals surface area contributed by atoms with Crippen LogP contribution in [0.4, 0.5) is 13.2 Å². The Hall–Kier alpha value is -3.33. The molecule has 1 aliphatic heterocycles. The van der Waals surface area contributed by atoms with Crippen molar-refractivity contribution < 1.29 is 27.4 Å². The van der Waals surface area contributed by atoms with E-state index in [-0.39, 0.29) is 32.1 Å². The van der Waals surface area contributed by atoms with Gasteiger partial charge in [0.1, 0.15) is 0 Å². The second kappa shape index (κ2) is 9.27. The van der Waals surface area contributed by atoms with Gasteiger partial charge in [-0.25, -0.2) is 4.98 Å². The Bertz CT molecular complexity index is 1160. The van der Waals surface area contributed by atoms with Gasteiger partial charge in [0.25, 0.3) is 5.91 Å². The molecule has 174 valence electrons. The number of carbonyl (C=O) groups is 1. The van der Waals surface area contributed by atoms with Gasteiger partial charge in [0, 0.05) is 37.1 Å². The van der Waals surface area contributed by atoms with Gasteiger partial charge in [0.15, 0.2) is 11.5 Å². The summed E-state index contributed by atoms with van der Waals surface area (Å²) in [4.78, 5) is 21.1. The Morgan fingerprint density at radius 2 is 1.67 bits per heavy atom. The highest BCUT2D eigenvalue weighted by Gasteiger charge is 2.33. The zero-order chi connectivity index (χ0) is 23.6. The molecule has 0 atom stereocenters. The van der Waals surface area contributed by atoms with E-state index in [1.807, 2.05) is 30.3 Å². The lowest BCUT2D eigenvalue weighted by molar-refractivity contribution is -0.148. The number of alkyl halides is 3. The summed E-state index contributed by atoms with van der Waals surface area (Å²) in [6, 6.07) is 14.5. The Labute approximate surface area is 189 Å². The fourth-order valence-corrected chi connectivity index (χ4v) is 4.03. The molecule has 3 aromatic rings. The van der Waals surface area contributed by atoms with Gasteiger partial charge in [-0.1, -0.05) is 18.2 Å². The number of carbonyl (C=O) groups excluding carboxylic acids is 1. The van der Waals surface area contributed by atoms with Gasteiger partial charge in [-0.2, -0.15) is 13.2 Å². The number of nitrogens with zero attached hydrogens (tertiary/aromatic N) is 3. The van der Waals surface area contributed by atoms with Crippen molar-refractivity contribution in [1.82, 2.24) is 14.8 Å². The Morgan fingerprint density at radius 1 is 0.970 bits per heavy atom. The van der Waals surface area contributed by atoms with Crippen LogP contribution in [0.1, 0.15) is 10.4 Å². The van der Waals surface area contributed by atoms with Crippen molar-refractivity contribution in [3.63, 3.8) is 0 Å². The third kappa shape index (κ3) is 5.03. The molecule has 0 aliphatic carbocycles. The standard InChI is InChI=1S/C24H24F3N3O3/c1-32-21-8-7-16(13-22(21)33-2)20-14-18(17-5-3-4-6-19(17)28-20)23(31)30-11-9-29(10-12-30)15-24(25,26)27/h3-8,13-14H,9-12,15H2,1-2H3. The van der Waals surface area contributed by atoms with E-state index in [1.165, 1.54) is 4.90 Å². The number of amides is 1. The summed E-state index contributed by atoms with van der Waals surface area (Å²) in [5.41, 5.74) is 2.47. The highest BCUT2D eigenvalue weighted by Crippen LogP contribution is 2.33. The number of aromatic nitrogens is 1. The van der Waals surface area contributed by atoms with Gasteiger partial charge < -0.3 is 14.4 Å². The minimum atomic E-state index is -4.25. The molecule has 1 amide bonds. The molecule has 0 bridgehead atoms. The summed E-state index contributed by atoms with van der Waals surface area (Å²) >= 11 is 0. The lowest BCUT2D eigenvalue weighted by Gasteiger charge is -2.35. The molecule has 4 rings (SSSR count). The molecule has 33 heavy (non-hydrogen) atoms. The van der Waals surface area contributed by atoms with Gasteiger partial charge in [-0.05, 0) is 30.3 Å². The topological polar surface area (TPSA) is 54.9 Å². The third-order valence-electron chi connectivity index (χ3n) is 5.69. The number of pyridine rings is 1. The summed E-state index contributed by atoms with van der Waals surface area (Å²) < 4.78 is 48.8. The first kappa shape index (κ1) is 22.8. The maximum absolute atomic E-state index is 13.4.